The number of hydrogen-bond donors (Lipinski definition) is 2. The zero-order valence-electron chi connectivity index (χ0n) is 8.86. The fraction of sp³-hybridized carbons (Fsp3) is 0.444. The first-order chi connectivity index (χ1) is 7.77. The molecule has 0 radical (unpaired) electrons. The van der Waals surface area contributed by atoms with Crippen LogP contribution in [0.15, 0.2) is 14.1 Å². The number of halogens is 1. The number of carboxylic acid groups (broad SMARTS) is 1. The Labute approximate surface area is 111 Å². The number of sulfonamides is 1. The van der Waals surface area contributed by atoms with Crippen molar-refractivity contribution in [2.75, 3.05) is 0 Å². The van der Waals surface area contributed by atoms with Crippen molar-refractivity contribution in [1.29, 1.82) is 0 Å². The molecule has 5 nitrogen and oxygen atoms in total. The van der Waals surface area contributed by atoms with Crippen molar-refractivity contribution in [3.8, 4) is 0 Å². The van der Waals surface area contributed by atoms with E-state index in [0.717, 1.165) is 20.7 Å². The van der Waals surface area contributed by atoms with E-state index >= 15 is 0 Å². The van der Waals surface area contributed by atoms with Gasteiger partial charge in [0, 0.05) is 0 Å². The lowest BCUT2D eigenvalue weighted by Crippen LogP contribution is -2.42. The quantitative estimate of drug-likeness (QED) is 0.874. The monoisotopic (exact) mass is 339 g/mol. The Hall–Kier alpha value is -0.440. The predicted molar refractivity (Wildman–Crippen MR) is 66.7 cm³/mol. The minimum absolute atomic E-state index is 0.134. The number of nitrogens with one attached hydrogen (secondary N) is 1. The molecule has 1 aromatic rings. The smallest absolute Gasteiger partial charge is 0.324 e. The van der Waals surface area contributed by atoms with Crippen LogP contribution in [0.5, 0.6) is 0 Å². The van der Waals surface area contributed by atoms with E-state index in [4.69, 9.17) is 5.11 Å². The molecule has 0 atom stereocenters. The van der Waals surface area contributed by atoms with Crippen molar-refractivity contribution in [1.82, 2.24) is 4.72 Å². The van der Waals surface area contributed by atoms with Crippen molar-refractivity contribution < 1.29 is 18.3 Å². The van der Waals surface area contributed by atoms with E-state index in [1.807, 2.05) is 0 Å². The van der Waals surface area contributed by atoms with Crippen molar-refractivity contribution in [2.45, 2.75) is 29.5 Å². The van der Waals surface area contributed by atoms with Crippen molar-refractivity contribution in [3.63, 3.8) is 0 Å². The molecule has 0 bridgehead atoms. The molecule has 1 aromatic heterocycles. The topological polar surface area (TPSA) is 83.5 Å². The molecule has 94 valence electrons. The first-order valence-corrected chi connectivity index (χ1v) is 7.89. The minimum atomic E-state index is -3.74. The Balaban J connectivity index is 2.29. The number of carboxylic acids is 1. The predicted octanol–water partition coefficient (Wildman–Crippen LogP) is 1.71. The zero-order valence-corrected chi connectivity index (χ0v) is 12.1. The summed E-state index contributed by atoms with van der Waals surface area (Å²) in [4.78, 5) is 10.9. The van der Waals surface area contributed by atoms with E-state index in [9.17, 15) is 13.2 Å². The standard InChI is InChI=1S/C9H10BrNO4S2/c1-5-4-6(16-7(5)10)17(14,15)11-9(2-3-9)8(12)13/h4,11H,2-3H2,1H3,(H,12,13). The van der Waals surface area contributed by atoms with E-state index in [1.54, 1.807) is 6.92 Å². The van der Waals surface area contributed by atoms with Gasteiger partial charge in [-0.25, -0.2) is 8.42 Å². The molecule has 0 aromatic carbocycles. The number of rotatable bonds is 4. The lowest BCUT2D eigenvalue weighted by Gasteiger charge is -2.11. The number of aliphatic carboxylic acids is 1. The number of aryl methyl sites for hydroxylation is 1. The molecule has 0 spiro atoms. The lowest BCUT2D eigenvalue weighted by atomic mass is 10.3. The Morgan fingerprint density at radius 1 is 1.59 bits per heavy atom. The van der Waals surface area contributed by atoms with Crippen LogP contribution in [-0.4, -0.2) is 25.0 Å². The molecule has 2 rings (SSSR count). The number of thiophene rings is 1. The van der Waals surface area contributed by atoms with Gasteiger partial charge in [-0.2, -0.15) is 4.72 Å². The molecular weight excluding hydrogens is 330 g/mol. The van der Waals surface area contributed by atoms with Gasteiger partial charge < -0.3 is 5.11 Å². The van der Waals surface area contributed by atoms with Crippen LogP contribution >= 0.6 is 27.3 Å². The molecule has 1 saturated carbocycles. The average molecular weight is 340 g/mol. The summed E-state index contributed by atoms with van der Waals surface area (Å²) >= 11 is 4.32. The summed E-state index contributed by atoms with van der Waals surface area (Å²) in [5, 5.41) is 8.94. The second-order valence-corrected chi connectivity index (χ2v) is 8.29. The summed E-state index contributed by atoms with van der Waals surface area (Å²) in [5.74, 6) is -1.12. The largest absolute Gasteiger partial charge is 0.480 e. The average Bonchev–Trinajstić information content (AvgIpc) is 2.89. The van der Waals surface area contributed by atoms with Crippen LogP contribution < -0.4 is 4.72 Å². The van der Waals surface area contributed by atoms with E-state index < -0.39 is 21.5 Å². The van der Waals surface area contributed by atoms with Gasteiger partial charge in [-0.1, -0.05) is 0 Å². The molecule has 1 fully saturated rings. The molecule has 17 heavy (non-hydrogen) atoms. The Bertz CT molecular complexity index is 554. The summed E-state index contributed by atoms with van der Waals surface area (Å²) in [5.41, 5.74) is -0.473. The van der Waals surface area contributed by atoms with Gasteiger partial charge in [-0.15, -0.1) is 11.3 Å². The molecule has 0 unspecified atom stereocenters. The van der Waals surface area contributed by atoms with Gasteiger partial charge in [-0.3, -0.25) is 4.79 Å². The normalized spacial score (nSPS) is 18.0. The maximum atomic E-state index is 12.0. The third-order valence-electron chi connectivity index (χ3n) is 2.59. The van der Waals surface area contributed by atoms with Gasteiger partial charge >= 0.3 is 5.97 Å². The summed E-state index contributed by atoms with van der Waals surface area (Å²) in [6.07, 6.45) is 0.681. The van der Waals surface area contributed by atoms with E-state index in [-0.39, 0.29) is 4.21 Å². The Morgan fingerprint density at radius 2 is 2.18 bits per heavy atom. The van der Waals surface area contributed by atoms with Gasteiger partial charge in [0.05, 0.1) is 3.79 Å². The Kier molecular flexibility index (Phi) is 3.09. The summed E-state index contributed by atoms with van der Waals surface area (Å²) in [7, 11) is -3.74. The van der Waals surface area contributed by atoms with E-state index in [1.165, 1.54) is 6.07 Å². The van der Waals surface area contributed by atoms with Crippen molar-refractivity contribution in [2.24, 2.45) is 0 Å². The molecule has 0 aliphatic heterocycles. The molecule has 1 aliphatic rings. The highest BCUT2D eigenvalue weighted by molar-refractivity contribution is 9.11. The van der Waals surface area contributed by atoms with Crippen LogP contribution in [-0.2, 0) is 14.8 Å². The van der Waals surface area contributed by atoms with Gasteiger partial charge in [0.2, 0.25) is 0 Å². The highest BCUT2D eigenvalue weighted by Crippen LogP contribution is 2.38. The summed E-state index contributed by atoms with van der Waals surface area (Å²) in [6.45, 7) is 1.78. The fourth-order valence-corrected chi connectivity index (χ4v) is 5.00. The van der Waals surface area contributed by atoms with Gasteiger partial charge in [-0.05, 0) is 47.3 Å². The summed E-state index contributed by atoms with van der Waals surface area (Å²) in [6, 6.07) is 1.52. The second-order valence-electron chi connectivity index (χ2n) is 4.01. The first kappa shape index (κ1) is 13.0. The van der Waals surface area contributed by atoms with Crippen molar-refractivity contribution in [3.05, 3.63) is 15.4 Å². The maximum Gasteiger partial charge on any atom is 0.324 e. The second kappa shape index (κ2) is 4.04. The highest BCUT2D eigenvalue weighted by Gasteiger charge is 2.53. The van der Waals surface area contributed by atoms with Crippen LogP contribution in [0.25, 0.3) is 0 Å². The summed E-state index contributed by atoms with van der Waals surface area (Å²) < 4.78 is 27.1. The zero-order chi connectivity index (χ0) is 12.8. The van der Waals surface area contributed by atoms with Crippen LogP contribution in [0.4, 0.5) is 0 Å². The maximum absolute atomic E-state index is 12.0. The number of carbonyl (C=O) groups is 1. The number of hydrogen-bond acceptors (Lipinski definition) is 4. The molecule has 0 amide bonds. The molecule has 8 heteroatoms. The molecular formula is C9H10BrNO4S2. The fourth-order valence-electron chi connectivity index (χ4n) is 1.36. The van der Waals surface area contributed by atoms with E-state index in [0.29, 0.717) is 12.8 Å². The molecule has 0 saturated heterocycles. The lowest BCUT2D eigenvalue weighted by molar-refractivity contribution is -0.140. The van der Waals surface area contributed by atoms with E-state index in [2.05, 4.69) is 20.7 Å². The van der Waals surface area contributed by atoms with Crippen LogP contribution in [0.2, 0.25) is 0 Å². The van der Waals surface area contributed by atoms with Crippen LogP contribution in [0.3, 0.4) is 0 Å². The SMILES string of the molecule is Cc1cc(S(=O)(=O)NC2(C(=O)O)CC2)sc1Br. The molecule has 1 aliphatic carbocycles. The van der Waals surface area contributed by atoms with Gasteiger partial charge in [0.15, 0.2) is 0 Å². The van der Waals surface area contributed by atoms with Crippen LogP contribution in [0, 0.1) is 6.92 Å². The highest BCUT2D eigenvalue weighted by atomic mass is 79.9. The first-order valence-electron chi connectivity index (χ1n) is 4.80. The minimum Gasteiger partial charge on any atom is -0.480 e. The Morgan fingerprint density at radius 3 is 2.53 bits per heavy atom. The third kappa shape index (κ3) is 2.40. The van der Waals surface area contributed by atoms with Crippen LogP contribution in [0.1, 0.15) is 18.4 Å². The molecule has 2 N–H and O–H groups in total. The van der Waals surface area contributed by atoms with Crippen molar-refractivity contribution >= 4 is 43.3 Å². The van der Waals surface area contributed by atoms with Gasteiger partial charge in [0.25, 0.3) is 10.0 Å². The van der Waals surface area contributed by atoms with Gasteiger partial charge in [0.1, 0.15) is 9.75 Å². The third-order valence-corrected chi connectivity index (χ3v) is 6.74. The molecule has 1 heterocycles.